The van der Waals surface area contributed by atoms with Gasteiger partial charge in [0.25, 0.3) is 0 Å². The minimum Gasteiger partial charge on any atom is -0.497 e. The fourth-order valence-electron chi connectivity index (χ4n) is 4.15. The van der Waals surface area contributed by atoms with Gasteiger partial charge in [-0.1, -0.05) is 39.0 Å². The van der Waals surface area contributed by atoms with Crippen molar-refractivity contribution in [2.45, 2.75) is 69.8 Å². The summed E-state index contributed by atoms with van der Waals surface area (Å²) in [6.07, 6.45) is 7.20. The molecular formula is C27H43N3O5SSi. The summed E-state index contributed by atoms with van der Waals surface area (Å²) >= 11 is 0. The van der Waals surface area contributed by atoms with E-state index in [-0.39, 0.29) is 10.3 Å². The number of aliphatic hydroxyl groups is 1. The van der Waals surface area contributed by atoms with Crippen molar-refractivity contribution in [3.05, 3.63) is 53.9 Å². The van der Waals surface area contributed by atoms with Crippen molar-refractivity contribution in [3.63, 3.8) is 0 Å². The van der Waals surface area contributed by atoms with Crippen molar-refractivity contribution in [2.24, 2.45) is 4.99 Å². The van der Waals surface area contributed by atoms with Crippen molar-refractivity contribution in [1.82, 2.24) is 9.80 Å². The van der Waals surface area contributed by atoms with E-state index in [1.807, 2.05) is 52.4 Å². The van der Waals surface area contributed by atoms with Crippen molar-refractivity contribution in [3.8, 4) is 5.75 Å². The standard InChI is InChI=1S/C27H43N3O5SSi/c1-27(2,3)37(6,7)35-18-8-9-22-20-30(19-21-10-12-23(34-4)13-11-21)26(31)25(28-22)29-16-14-24(15-17-29)36(5,32)33/h8-13,20,24,26,31H,14-19H2,1-7H3/b9-8+. The van der Waals surface area contributed by atoms with E-state index in [1.165, 1.54) is 6.26 Å². The van der Waals surface area contributed by atoms with Crippen LogP contribution in [0.2, 0.25) is 18.1 Å². The summed E-state index contributed by atoms with van der Waals surface area (Å²) in [5, 5.41) is 11.1. The quantitative estimate of drug-likeness (QED) is 0.487. The molecule has 1 fully saturated rings. The molecule has 10 heteroatoms. The van der Waals surface area contributed by atoms with Gasteiger partial charge in [-0.15, -0.1) is 0 Å². The highest BCUT2D eigenvalue weighted by Crippen LogP contribution is 2.36. The van der Waals surface area contributed by atoms with Gasteiger partial charge in [-0.05, 0) is 54.7 Å². The largest absolute Gasteiger partial charge is 0.497 e. The predicted octanol–water partition coefficient (Wildman–Crippen LogP) is 4.16. The van der Waals surface area contributed by atoms with Gasteiger partial charge in [0.2, 0.25) is 0 Å². The van der Waals surface area contributed by atoms with Gasteiger partial charge in [-0.3, -0.25) is 0 Å². The van der Waals surface area contributed by atoms with E-state index in [0.717, 1.165) is 17.0 Å². The second-order valence-electron chi connectivity index (χ2n) is 11.4. The van der Waals surface area contributed by atoms with E-state index in [1.54, 1.807) is 7.11 Å². The third-order valence-electron chi connectivity index (χ3n) is 7.62. The average molecular weight is 550 g/mol. The Morgan fingerprint density at radius 3 is 2.32 bits per heavy atom. The number of amidine groups is 1. The molecule has 0 saturated carbocycles. The molecule has 1 aromatic carbocycles. The number of piperidine rings is 1. The molecule has 0 radical (unpaired) electrons. The summed E-state index contributed by atoms with van der Waals surface area (Å²) in [4.78, 5) is 8.66. The normalized spacial score (nSPS) is 20.3. The number of benzene rings is 1. The minimum absolute atomic E-state index is 0.133. The summed E-state index contributed by atoms with van der Waals surface area (Å²) in [5.74, 6) is 1.33. The molecule has 0 bridgehead atoms. The van der Waals surface area contributed by atoms with E-state index >= 15 is 0 Å². The Labute approximate surface area is 223 Å². The molecule has 0 aliphatic carbocycles. The molecule has 37 heavy (non-hydrogen) atoms. The molecule has 1 saturated heterocycles. The lowest BCUT2D eigenvalue weighted by Gasteiger charge is -2.39. The van der Waals surface area contributed by atoms with E-state index < -0.39 is 24.4 Å². The van der Waals surface area contributed by atoms with Crippen LogP contribution < -0.4 is 4.74 Å². The molecule has 0 amide bonds. The van der Waals surface area contributed by atoms with Gasteiger partial charge in [-0.2, -0.15) is 0 Å². The van der Waals surface area contributed by atoms with Crippen LogP contribution in [0.1, 0.15) is 39.2 Å². The summed E-state index contributed by atoms with van der Waals surface area (Å²) in [5.41, 5.74) is 1.75. The molecule has 0 spiro atoms. The van der Waals surface area contributed by atoms with Crippen molar-refractivity contribution in [2.75, 3.05) is 33.1 Å². The summed E-state index contributed by atoms with van der Waals surface area (Å²) < 4.78 is 35.6. The third kappa shape index (κ3) is 7.69. The molecule has 1 unspecified atom stereocenters. The lowest BCUT2D eigenvalue weighted by molar-refractivity contribution is 0.0734. The predicted molar refractivity (Wildman–Crippen MR) is 152 cm³/mol. The van der Waals surface area contributed by atoms with Gasteiger partial charge in [0, 0.05) is 32.1 Å². The number of methoxy groups -OCH3 is 1. The highest BCUT2D eigenvalue weighted by molar-refractivity contribution is 7.91. The van der Waals surface area contributed by atoms with Gasteiger partial charge in [0.15, 0.2) is 20.4 Å². The molecule has 8 nitrogen and oxygen atoms in total. The van der Waals surface area contributed by atoms with E-state index in [0.29, 0.717) is 44.9 Å². The topological polar surface area (TPSA) is 91.7 Å². The Bertz CT molecular complexity index is 1120. The van der Waals surface area contributed by atoms with Gasteiger partial charge in [-0.25, -0.2) is 13.4 Å². The van der Waals surface area contributed by atoms with Gasteiger partial charge < -0.3 is 24.1 Å². The van der Waals surface area contributed by atoms with E-state index in [4.69, 9.17) is 14.2 Å². The lowest BCUT2D eigenvalue weighted by Crippen LogP contribution is -2.51. The number of hydrogen-bond donors (Lipinski definition) is 1. The molecule has 206 valence electrons. The Morgan fingerprint density at radius 2 is 1.78 bits per heavy atom. The first-order valence-corrected chi connectivity index (χ1v) is 17.7. The molecule has 0 aromatic heterocycles. The van der Waals surface area contributed by atoms with Crippen LogP contribution in [0.4, 0.5) is 0 Å². The number of rotatable bonds is 8. The number of aliphatic hydroxyl groups excluding tert-OH is 1. The van der Waals surface area contributed by atoms with Gasteiger partial charge in [0.05, 0.1) is 24.7 Å². The summed E-state index contributed by atoms with van der Waals surface area (Å²) in [6.45, 7) is 13.2. The fourth-order valence-corrected chi connectivity index (χ4v) is 6.16. The Hall–Kier alpha value is -2.14. The van der Waals surface area contributed by atoms with Crippen molar-refractivity contribution < 1.29 is 22.7 Å². The SMILES string of the molecule is COc1ccc(CN2C=C(/C=C/CO[Si](C)(C)C(C)(C)C)N=C(N3CCC(S(C)(=O)=O)CC3)C2O)cc1. The maximum absolute atomic E-state index is 12.0. The third-order valence-corrected chi connectivity index (χ3v) is 13.8. The van der Waals surface area contributed by atoms with Crippen LogP contribution in [0, 0.1) is 0 Å². The van der Waals surface area contributed by atoms with Crippen LogP contribution in [-0.2, 0) is 20.8 Å². The molecule has 3 rings (SSSR count). The number of allylic oxidation sites excluding steroid dienone is 1. The van der Waals surface area contributed by atoms with Crippen molar-refractivity contribution >= 4 is 24.0 Å². The molecule has 2 heterocycles. The van der Waals surface area contributed by atoms with Crippen LogP contribution in [-0.4, -0.2) is 82.0 Å². The molecular weight excluding hydrogens is 506 g/mol. The maximum Gasteiger partial charge on any atom is 0.192 e. The summed E-state index contributed by atoms with van der Waals surface area (Å²) in [6, 6.07) is 7.76. The number of ether oxygens (including phenoxy) is 1. The molecule has 2 aliphatic heterocycles. The lowest BCUT2D eigenvalue weighted by atomic mass is 10.1. The monoisotopic (exact) mass is 549 g/mol. The number of aliphatic imine (C=N–C) groups is 1. The zero-order chi connectivity index (χ0) is 27.4. The average Bonchev–Trinajstić information content (AvgIpc) is 2.83. The Kier molecular flexibility index (Phi) is 9.31. The Morgan fingerprint density at radius 1 is 1.16 bits per heavy atom. The van der Waals surface area contributed by atoms with E-state index in [9.17, 15) is 13.5 Å². The van der Waals surface area contributed by atoms with Crippen LogP contribution in [0.15, 0.2) is 53.3 Å². The van der Waals surface area contributed by atoms with Crippen LogP contribution in [0.25, 0.3) is 0 Å². The first-order chi connectivity index (χ1) is 17.2. The second kappa shape index (κ2) is 11.7. The second-order valence-corrected chi connectivity index (χ2v) is 18.5. The Balaban J connectivity index is 1.79. The highest BCUT2D eigenvalue weighted by atomic mass is 32.2. The smallest absolute Gasteiger partial charge is 0.192 e. The molecule has 1 N–H and O–H groups in total. The van der Waals surface area contributed by atoms with Crippen molar-refractivity contribution in [1.29, 1.82) is 0 Å². The number of hydrogen-bond acceptors (Lipinski definition) is 8. The van der Waals surface area contributed by atoms with E-state index in [2.05, 4.69) is 33.9 Å². The summed E-state index contributed by atoms with van der Waals surface area (Å²) in [7, 11) is -3.31. The fraction of sp³-hybridized carbons (Fsp3) is 0.593. The first-order valence-electron chi connectivity index (χ1n) is 12.8. The van der Waals surface area contributed by atoms with Crippen LogP contribution in [0.5, 0.6) is 5.75 Å². The zero-order valence-electron chi connectivity index (χ0n) is 23.3. The van der Waals surface area contributed by atoms with Crippen LogP contribution in [0.3, 0.4) is 0 Å². The van der Waals surface area contributed by atoms with Crippen LogP contribution >= 0.6 is 0 Å². The minimum atomic E-state index is -3.08. The maximum atomic E-state index is 12.0. The molecule has 1 atom stereocenters. The molecule has 1 aromatic rings. The number of likely N-dealkylation sites (tertiary alicyclic amines) is 1. The van der Waals surface area contributed by atoms with Gasteiger partial charge >= 0.3 is 0 Å². The highest BCUT2D eigenvalue weighted by Gasteiger charge is 2.37. The first kappa shape index (κ1) is 29.4. The molecule has 2 aliphatic rings. The number of sulfone groups is 1. The number of nitrogens with zero attached hydrogens (tertiary/aromatic N) is 3. The zero-order valence-corrected chi connectivity index (χ0v) is 25.1. The van der Waals surface area contributed by atoms with Gasteiger partial charge in [0.1, 0.15) is 15.6 Å².